The average molecular weight is 224 g/mol. The Bertz CT molecular complexity index is 404. The molecule has 5 heteroatoms. The van der Waals surface area contributed by atoms with Gasteiger partial charge in [0.15, 0.2) is 10.9 Å². The predicted octanol–water partition coefficient (Wildman–Crippen LogP) is 1.55. The summed E-state index contributed by atoms with van der Waals surface area (Å²) >= 11 is 4.71. The molecule has 15 heavy (non-hydrogen) atoms. The molecule has 0 saturated carbocycles. The maximum absolute atomic E-state index is 11.1. The van der Waals surface area contributed by atoms with E-state index in [4.69, 9.17) is 22.7 Å². The fraction of sp³-hybridized carbons (Fsp3) is 0.200. The monoisotopic (exact) mass is 224 g/mol. The molecule has 4 nitrogen and oxygen atoms in total. The van der Waals surface area contributed by atoms with Crippen LogP contribution in [0.15, 0.2) is 18.2 Å². The fourth-order valence-corrected chi connectivity index (χ4v) is 1.26. The van der Waals surface area contributed by atoms with Crippen molar-refractivity contribution in [1.82, 2.24) is 0 Å². The molecular weight excluding hydrogens is 212 g/mol. The van der Waals surface area contributed by atoms with Gasteiger partial charge in [-0.2, -0.15) is 0 Å². The maximum Gasteiger partial charge on any atom is 0.168 e. The summed E-state index contributed by atoms with van der Waals surface area (Å²) in [5.74, 6) is 0.519. The van der Waals surface area contributed by atoms with E-state index in [2.05, 4.69) is 5.32 Å². The van der Waals surface area contributed by atoms with Crippen LogP contribution in [0.25, 0.3) is 0 Å². The van der Waals surface area contributed by atoms with Crippen LogP contribution < -0.4 is 15.8 Å². The molecule has 80 valence electrons. The highest BCUT2D eigenvalue weighted by atomic mass is 32.1. The van der Waals surface area contributed by atoms with Gasteiger partial charge in [0.05, 0.1) is 12.8 Å². The normalized spacial score (nSPS) is 9.47. The number of hydrogen-bond acceptors (Lipinski definition) is 3. The van der Waals surface area contributed by atoms with E-state index in [1.165, 1.54) is 14.0 Å². The number of carbonyl (C=O) groups is 1. The summed E-state index contributed by atoms with van der Waals surface area (Å²) in [7, 11) is 1.52. The first-order valence-electron chi connectivity index (χ1n) is 4.30. The second-order valence-electron chi connectivity index (χ2n) is 2.96. The molecule has 0 amide bonds. The highest BCUT2D eigenvalue weighted by molar-refractivity contribution is 7.80. The van der Waals surface area contributed by atoms with E-state index in [1.807, 2.05) is 0 Å². The lowest BCUT2D eigenvalue weighted by atomic mass is 10.1. The number of nitrogens with two attached hydrogens (primary N) is 1. The Morgan fingerprint density at radius 3 is 2.67 bits per heavy atom. The van der Waals surface area contributed by atoms with E-state index < -0.39 is 0 Å². The third-order valence-corrected chi connectivity index (χ3v) is 1.97. The number of Topliss-reactive ketones (excluding diaryl/α,β-unsaturated/α-hetero) is 1. The van der Waals surface area contributed by atoms with Crippen LogP contribution in [0.4, 0.5) is 5.69 Å². The molecule has 0 saturated heterocycles. The number of ether oxygens (including phenoxy) is 1. The lowest BCUT2D eigenvalue weighted by Gasteiger charge is -2.10. The summed E-state index contributed by atoms with van der Waals surface area (Å²) in [5.41, 5.74) is 6.58. The number of hydrogen-bond donors (Lipinski definition) is 2. The molecule has 1 aromatic rings. The molecule has 0 unspecified atom stereocenters. The van der Waals surface area contributed by atoms with Gasteiger partial charge in [0.25, 0.3) is 0 Å². The van der Waals surface area contributed by atoms with Crippen molar-refractivity contribution in [1.29, 1.82) is 0 Å². The fourth-order valence-electron chi connectivity index (χ4n) is 1.15. The lowest BCUT2D eigenvalue weighted by molar-refractivity contribution is 0.101. The van der Waals surface area contributed by atoms with Crippen LogP contribution in [0.3, 0.4) is 0 Å². The van der Waals surface area contributed by atoms with Crippen LogP contribution in [0, 0.1) is 0 Å². The Kier molecular flexibility index (Phi) is 3.62. The van der Waals surface area contributed by atoms with Gasteiger partial charge in [0, 0.05) is 5.56 Å². The van der Waals surface area contributed by atoms with Gasteiger partial charge < -0.3 is 15.8 Å². The minimum atomic E-state index is -0.0184. The Morgan fingerprint density at radius 1 is 1.53 bits per heavy atom. The zero-order valence-electron chi connectivity index (χ0n) is 8.53. The first-order chi connectivity index (χ1) is 7.04. The summed E-state index contributed by atoms with van der Waals surface area (Å²) < 4.78 is 5.11. The molecule has 0 aliphatic rings. The molecule has 0 radical (unpaired) electrons. The topological polar surface area (TPSA) is 64.3 Å². The molecule has 0 spiro atoms. The predicted molar refractivity (Wildman–Crippen MR) is 63.4 cm³/mol. The van der Waals surface area contributed by atoms with Gasteiger partial charge >= 0.3 is 0 Å². The molecule has 3 N–H and O–H groups in total. The van der Waals surface area contributed by atoms with Gasteiger partial charge in [0.1, 0.15) is 5.75 Å². The highest BCUT2D eigenvalue weighted by Crippen LogP contribution is 2.25. The smallest absolute Gasteiger partial charge is 0.168 e. The van der Waals surface area contributed by atoms with E-state index in [9.17, 15) is 4.79 Å². The number of benzene rings is 1. The molecular formula is C10H12N2O2S. The van der Waals surface area contributed by atoms with E-state index in [1.54, 1.807) is 18.2 Å². The molecule has 0 heterocycles. The summed E-state index contributed by atoms with van der Waals surface area (Å²) in [6, 6.07) is 5.03. The minimum Gasteiger partial charge on any atom is -0.495 e. The average Bonchev–Trinajstić information content (AvgIpc) is 2.17. The van der Waals surface area contributed by atoms with Crippen LogP contribution in [-0.2, 0) is 0 Å². The minimum absolute atomic E-state index is 0.0184. The third kappa shape index (κ3) is 2.92. The second-order valence-corrected chi connectivity index (χ2v) is 3.40. The largest absolute Gasteiger partial charge is 0.495 e. The quantitative estimate of drug-likeness (QED) is 0.602. The van der Waals surface area contributed by atoms with Gasteiger partial charge in [0.2, 0.25) is 0 Å². The number of thiocarbonyl (C=S) groups is 1. The van der Waals surface area contributed by atoms with Crippen LogP contribution >= 0.6 is 12.2 Å². The molecule has 0 fully saturated rings. The Hall–Kier alpha value is -1.62. The van der Waals surface area contributed by atoms with E-state index in [-0.39, 0.29) is 10.9 Å². The number of anilines is 1. The molecule has 1 aromatic carbocycles. The standard InChI is InChI=1S/C10H12N2O2S/c1-6(13)7-3-4-8(12-10(11)15)9(5-7)14-2/h3-5H,1-2H3,(H3,11,12,15). The zero-order valence-corrected chi connectivity index (χ0v) is 9.35. The maximum atomic E-state index is 11.1. The highest BCUT2D eigenvalue weighted by Gasteiger charge is 2.07. The molecule has 0 bridgehead atoms. The van der Waals surface area contributed by atoms with Gasteiger partial charge in [-0.25, -0.2) is 0 Å². The van der Waals surface area contributed by atoms with Gasteiger partial charge in [-0.15, -0.1) is 0 Å². The molecule has 0 atom stereocenters. The zero-order chi connectivity index (χ0) is 11.4. The summed E-state index contributed by atoms with van der Waals surface area (Å²) in [6.45, 7) is 1.50. The van der Waals surface area contributed by atoms with Crippen LogP contribution in [0.5, 0.6) is 5.75 Å². The number of methoxy groups -OCH3 is 1. The van der Waals surface area contributed by atoms with E-state index in [0.717, 1.165) is 0 Å². The van der Waals surface area contributed by atoms with E-state index >= 15 is 0 Å². The van der Waals surface area contributed by atoms with Crippen molar-refractivity contribution in [2.75, 3.05) is 12.4 Å². The van der Waals surface area contributed by atoms with Crippen molar-refractivity contribution < 1.29 is 9.53 Å². The summed E-state index contributed by atoms with van der Waals surface area (Å²) in [6.07, 6.45) is 0. The Morgan fingerprint density at radius 2 is 2.20 bits per heavy atom. The number of ketones is 1. The molecule has 0 aliphatic heterocycles. The SMILES string of the molecule is COc1cc(C(C)=O)ccc1NC(N)=S. The first-order valence-corrected chi connectivity index (χ1v) is 4.71. The summed E-state index contributed by atoms with van der Waals surface area (Å²) in [4.78, 5) is 11.1. The van der Waals surface area contributed by atoms with Crippen molar-refractivity contribution in [3.05, 3.63) is 23.8 Å². The van der Waals surface area contributed by atoms with Gasteiger partial charge in [-0.05, 0) is 37.3 Å². The Labute approximate surface area is 93.4 Å². The lowest BCUT2D eigenvalue weighted by Crippen LogP contribution is -2.19. The first kappa shape index (κ1) is 11.5. The van der Waals surface area contributed by atoms with Crippen LogP contribution in [-0.4, -0.2) is 18.0 Å². The third-order valence-electron chi connectivity index (χ3n) is 1.87. The van der Waals surface area contributed by atoms with Crippen molar-refractivity contribution in [3.63, 3.8) is 0 Å². The van der Waals surface area contributed by atoms with Crippen LogP contribution in [0.2, 0.25) is 0 Å². The number of carbonyl (C=O) groups excluding carboxylic acids is 1. The van der Waals surface area contributed by atoms with Crippen molar-refractivity contribution in [3.8, 4) is 5.75 Å². The van der Waals surface area contributed by atoms with Crippen molar-refractivity contribution >= 4 is 28.8 Å². The van der Waals surface area contributed by atoms with Gasteiger partial charge in [-0.1, -0.05) is 0 Å². The Balaban J connectivity index is 3.08. The van der Waals surface area contributed by atoms with Gasteiger partial charge in [-0.3, -0.25) is 4.79 Å². The molecule has 1 rings (SSSR count). The number of rotatable bonds is 3. The second kappa shape index (κ2) is 4.75. The van der Waals surface area contributed by atoms with Crippen molar-refractivity contribution in [2.45, 2.75) is 6.92 Å². The molecule has 0 aliphatic carbocycles. The van der Waals surface area contributed by atoms with Crippen molar-refractivity contribution in [2.24, 2.45) is 5.73 Å². The van der Waals surface area contributed by atoms with Crippen LogP contribution in [0.1, 0.15) is 17.3 Å². The molecule has 0 aromatic heterocycles. The van der Waals surface area contributed by atoms with E-state index in [0.29, 0.717) is 17.0 Å². The summed E-state index contributed by atoms with van der Waals surface area (Å²) in [5, 5.41) is 2.92. The number of nitrogens with one attached hydrogen (secondary N) is 1.